The third kappa shape index (κ3) is 2.97. The summed E-state index contributed by atoms with van der Waals surface area (Å²) in [6.07, 6.45) is 7.77. The highest BCUT2D eigenvalue weighted by atomic mass is 28.3. The molecule has 0 spiro atoms. The maximum absolute atomic E-state index is 2.67. The predicted molar refractivity (Wildman–Crippen MR) is 122 cm³/mol. The van der Waals surface area contributed by atoms with Gasteiger partial charge in [0, 0.05) is 0 Å². The summed E-state index contributed by atoms with van der Waals surface area (Å²) in [5.74, 6) is 0.652. The molecule has 0 radical (unpaired) electrons. The summed E-state index contributed by atoms with van der Waals surface area (Å²) < 4.78 is 0. The summed E-state index contributed by atoms with van der Waals surface area (Å²) in [5, 5.41) is 0. The molecule has 2 aliphatic carbocycles. The van der Waals surface area contributed by atoms with Gasteiger partial charge in [-0.25, -0.2) is 0 Å². The zero-order valence-corrected chi connectivity index (χ0v) is 18.4. The number of fused-ring (bicyclic) bond motifs is 2. The molecule has 0 heterocycles. The van der Waals surface area contributed by atoms with Gasteiger partial charge in [-0.2, -0.15) is 0 Å². The zero-order chi connectivity index (χ0) is 19.2. The molecular weight excluding hydrogens is 340 g/mol. The Kier molecular flexibility index (Phi) is 4.76. The molecule has 1 heteroatoms. The van der Waals surface area contributed by atoms with Crippen molar-refractivity contribution < 1.29 is 0 Å². The lowest BCUT2D eigenvalue weighted by Gasteiger charge is -2.35. The normalized spacial score (nSPS) is 22.1. The summed E-state index contributed by atoms with van der Waals surface area (Å²) in [4.78, 5) is 0. The molecule has 2 aromatic rings. The van der Waals surface area contributed by atoms with Gasteiger partial charge in [0.1, 0.15) is 0 Å². The van der Waals surface area contributed by atoms with Crippen molar-refractivity contribution >= 4 is 19.2 Å². The number of benzene rings is 2. The van der Waals surface area contributed by atoms with Crippen LogP contribution in [0.2, 0.25) is 13.1 Å². The first kappa shape index (κ1) is 18.5. The first-order chi connectivity index (χ1) is 12.9. The minimum Gasteiger partial charge on any atom is -0.0761 e. The molecule has 0 nitrogen and oxygen atoms in total. The van der Waals surface area contributed by atoms with E-state index >= 15 is 0 Å². The predicted octanol–water partition coefficient (Wildman–Crippen LogP) is 7.59. The van der Waals surface area contributed by atoms with Crippen molar-refractivity contribution in [3.05, 3.63) is 82.9 Å². The molecule has 140 valence electrons. The number of hydrogen-bond donors (Lipinski definition) is 0. The standard InChI is InChI=1S/C26H32Si/c1-6-11-18(2)24-17-26(23-15-10-8-13-21(23)24)27(4,5)25-16-19(3)20-12-7-9-14-22(20)25/h7-10,12-18,25-26H,6,11H2,1-5H3. The van der Waals surface area contributed by atoms with Gasteiger partial charge in [-0.15, -0.1) is 0 Å². The Labute approximate surface area is 166 Å². The van der Waals surface area contributed by atoms with E-state index in [9.17, 15) is 0 Å². The monoisotopic (exact) mass is 372 g/mol. The van der Waals surface area contributed by atoms with Gasteiger partial charge in [0.2, 0.25) is 0 Å². The molecule has 0 aliphatic heterocycles. The lowest BCUT2D eigenvalue weighted by molar-refractivity contribution is 0.650. The Bertz CT molecular complexity index is 915. The molecule has 0 N–H and O–H groups in total. The molecule has 0 saturated heterocycles. The van der Waals surface area contributed by atoms with E-state index in [0.29, 0.717) is 17.0 Å². The fourth-order valence-corrected chi connectivity index (χ4v) is 9.17. The first-order valence-corrected chi connectivity index (χ1v) is 13.7. The second kappa shape index (κ2) is 6.94. The van der Waals surface area contributed by atoms with Gasteiger partial charge in [-0.05, 0) is 63.7 Å². The van der Waals surface area contributed by atoms with Crippen LogP contribution in [-0.4, -0.2) is 8.07 Å². The van der Waals surface area contributed by atoms with Gasteiger partial charge in [0.05, 0.1) is 8.07 Å². The van der Waals surface area contributed by atoms with Crippen LogP contribution >= 0.6 is 0 Å². The third-order valence-corrected chi connectivity index (χ3v) is 11.1. The maximum atomic E-state index is 2.67. The molecule has 0 aromatic heterocycles. The van der Waals surface area contributed by atoms with Crippen LogP contribution in [0.1, 0.15) is 66.9 Å². The second-order valence-electron chi connectivity index (χ2n) is 9.11. The fourth-order valence-electron chi connectivity index (χ4n) is 5.39. The quantitative estimate of drug-likeness (QED) is 0.474. The van der Waals surface area contributed by atoms with Crippen LogP contribution in [0.15, 0.2) is 60.7 Å². The van der Waals surface area contributed by atoms with Crippen molar-refractivity contribution in [2.75, 3.05) is 0 Å². The van der Waals surface area contributed by atoms with E-state index in [-0.39, 0.29) is 0 Å². The van der Waals surface area contributed by atoms with Gasteiger partial charge in [-0.3, -0.25) is 0 Å². The second-order valence-corrected chi connectivity index (χ2v) is 14.0. The van der Waals surface area contributed by atoms with E-state index in [0.717, 1.165) is 0 Å². The van der Waals surface area contributed by atoms with Crippen LogP contribution < -0.4 is 0 Å². The van der Waals surface area contributed by atoms with Crippen LogP contribution in [0.25, 0.3) is 11.1 Å². The molecule has 0 amide bonds. The SMILES string of the molecule is CCCC(C)C1=CC([Si](C)(C)C2C=C(C)c3ccccc32)c2ccccc21. The molecule has 2 aromatic carbocycles. The van der Waals surface area contributed by atoms with Crippen LogP contribution in [0.5, 0.6) is 0 Å². The molecule has 4 rings (SSSR count). The molecule has 0 saturated carbocycles. The largest absolute Gasteiger partial charge is 0.0761 e. The molecular formula is C26H32Si. The van der Waals surface area contributed by atoms with E-state index in [2.05, 4.69) is 94.5 Å². The number of allylic oxidation sites excluding steroid dienone is 4. The minimum atomic E-state index is -1.64. The van der Waals surface area contributed by atoms with Crippen LogP contribution in [0, 0.1) is 5.92 Å². The zero-order valence-electron chi connectivity index (χ0n) is 17.4. The van der Waals surface area contributed by atoms with Gasteiger partial charge >= 0.3 is 0 Å². The van der Waals surface area contributed by atoms with Crippen molar-refractivity contribution in [2.45, 2.75) is 57.8 Å². The van der Waals surface area contributed by atoms with Gasteiger partial charge in [-0.1, -0.05) is 94.0 Å². The van der Waals surface area contributed by atoms with Crippen molar-refractivity contribution in [1.82, 2.24) is 0 Å². The average Bonchev–Trinajstić information content (AvgIpc) is 3.22. The molecule has 3 atom stereocenters. The van der Waals surface area contributed by atoms with Crippen molar-refractivity contribution in [3.8, 4) is 0 Å². The van der Waals surface area contributed by atoms with E-state index in [4.69, 9.17) is 0 Å². The van der Waals surface area contributed by atoms with Crippen molar-refractivity contribution in [2.24, 2.45) is 5.92 Å². The Morgan fingerprint density at radius 2 is 1.41 bits per heavy atom. The Balaban J connectivity index is 1.78. The topological polar surface area (TPSA) is 0 Å². The summed E-state index contributed by atoms with van der Waals surface area (Å²) in [5.41, 5.74) is 10.4. The van der Waals surface area contributed by atoms with Gasteiger partial charge < -0.3 is 0 Å². The van der Waals surface area contributed by atoms with Crippen LogP contribution in [0.4, 0.5) is 0 Å². The van der Waals surface area contributed by atoms with E-state index in [1.165, 1.54) is 29.5 Å². The lowest BCUT2D eigenvalue weighted by Crippen LogP contribution is -2.39. The summed E-state index contributed by atoms with van der Waals surface area (Å²) in [7, 11) is -1.64. The summed E-state index contributed by atoms with van der Waals surface area (Å²) >= 11 is 0. The minimum absolute atomic E-state index is 0.600. The fraction of sp³-hybridized carbons (Fsp3) is 0.385. The molecule has 0 fully saturated rings. The summed E-state index contributed by atoms with van der Waals surface area (Å²) in [6, 6.07) is 18.3. The smallest absolute Gasteiger partial charge is 0.0715 e. The number of hydrogen-bond acceptors (Lipinski definition) is 0. The molecule has 3 unspecified atom stereocenters. The van der Waals surface area contributed by atoms with Crippen molar-refractivity contribution in [1.29, 1.82) is 0 Å². The first-order valence-electron chi connectivity index (χ1n) is 10.5. The molecule has 2 aliphatic rings. The van der Waals surface area contributed by atoms with Crippen LogP contribution in [0.3, 0.4) is 0 Å². The van der Waals surface area contributed by atoms with E-state index < -0.39 is 8.07 Å². The highest BCUT2D eigenvalue weighted by Gasteiger charge is 2.44. The summed E-state index contributed by atoms with van der Waals surface area (Å²) in [6.45, 7) is 12.2. The van der Waals surface area contributed by atoms with Crippen LogP contribution in [-0.2, 0) is 0 Å². The Morgan fingerprint density at radius 3 is 2.07 bits per heavy atom. The van der Waals surface area contributed by atoms with E-state index in [1.807, 2.05) is 0 Å². The van der Waals surface area contributed by atoms with Gasteiger partial charge in [0.25, 0.3) is 0 Å². The maximum Gasteiger partial charge on any atom is 0.0715 e. The lowest BCUT2D eigenvalue weighted by atomic mass is 9.92. The van der Waals surface area contributed by atoms with Crippen molar-refractivity contribution in [3.63, 3.8) is 0 Å². The Morgan fingerprint density at radius 1 is 0.852 bits per heavy atom. The highest BCUT2D eigenvalue weighted by molar-refractivity contribution is 6.81. The molecule has 0 bridgehead atoms. The van der Waals surface area contributed by atoms with E-state index in [1.54, 1.807) is 16.7 Å². The Hall–Kier alpha value is -1.86. The highest BCUT2D eigenvalue weighted by Crippen LogP contribution is 2.51. The third-order valence-electron chi connectivity index (χ3n) is 6.95. The average molecular weight is 373 g/mol. The molecule has 27 heavy (non-hydrogen) atoms. The van der Waals surface area contributed by atoms with Gasteiger partial charge in [0.15, 0.2) is 0 Å². The number of rotatable bonds is 5.